The average Bonchev–Trinajstić information content (AvgIpc) is 2.77. The molecule has 0 saturated carbocycles. The Morgan fingerprint density at radius 2 is 1.68 bits per heavy atom. The molecule has 1 fully saturated rings. The van der Waals surface area contributed by atoms with Gasteiger partial charge in [0.1, 0.15) is 6.54 Å². The maximum absolute atomic E-state index is 12.9. The van der Waals surface area contributed by atoms with E-state index in [0.717, 1.165) is 5.39 Å². The van der Waals surface area contributed by atoms with Crippen molar-refractivity contribution in [2.75, 3.05) is 44.6 Å². The third-order valence-corrected chi connectivity index (χ3v) is 5.12. The highest BCUT2D eigenvalue weighted by Crippen LogP contribution is 2.28. The number of Topliss-reactive ketones (excluding diaryl/α,β-unsaturated/α-hetero) is 1. The minimum absolute atomic E-state index is 0.276. The van der Waals surface area contributed by atoms with Crippen molar-refractivity contribution in [1.82, 2.24) is 9.80 Å². The first kappa shape index (κ1) is 22.1. The van der Waals surface area contributed by atoms with Crippen LogP contribution in [0.25, 0.3) is 10.8 Å². The van der Waals surface area contributed by atoms with Crippen molar-refractivity contribution in [3.05, 3.63) is 42.0 Å². The van der Waals surface area contributed by atoms with Gasteiger partial charge in [-0.2, -0.15) is 0 Å². The number of ketones is 1. The number of carboxylic acid groups (broad SMARTS) is 1. The molecule has 0 radical (unpaired) electrons. The summed E-state index contributed by atoms with van der Waals surface area (Å²) < 4.78 is 4.97. The number of fused-ring (bicyclic) bond motifs is 1. The molecule has 2 aromatic carbocycles. The lowest BCUT2D eigenvalue weighted by Gasteiger charge is -2.34. The molecule has 9 heteroatoms. The summed E-state index contributed by atoms with van der Waals surface area (Å²) in [6.07, 6.45) is -0.740. The number of carbonyl (C=O) groups excluding carboxylic acids is 3. The Labute approximate surface area is 179 Å². The van der Waals surface area contributed by atoms with Gasteiger partial charge in [0.25, 0.3) is 0 Å². The number of hydrogen-bond acceptors (Lipinski definition) is 6. The Kier molecular flexibility index (Phi) is 7.07. The molecule has 0 bridgehead atoms. The SMILES string of the molecule is CCOC(=O)N1CCN(C(=O)CC(=O)c2ccc3ccccc3c2NCC(=O)O)CC1. The van der Waals surface area contributed by atoms with Crippen molar-refractivity contribution in [3.8, 4) is 0 Å². The van der Waals surface area contributed by atoms with Gasteiger partial charge in [0.05, 0.1) is 18.7 Å². The highest BCUT2D eigenvalue weighted by molar-refractivity contribution is 6.14. The Morgan fingerprint density at radius 1 is 1.00 bits per heavy atom. The van der Waals surface area contributed by atoms with Crippen LogP contribution in [-0.2, 0) is 14.3 Å². The third-order valence-electron chi connectivity index (χ3n) is 5.12. The van der Waals surface area contributed by atoms with Crippen molar-refractivity contribution >= 4 is 40.2 Å². The maximum Gasteiger partial charge on any atom is 0.409 e. The van der Waals surface area contributed by atoms with Gasteiger partial charge >= 0.3 is 12.1 Å². The fraction of sp³-hybridized carbons (Fsp3) is 0.364. The minimum atomic E-state index is -1.05. The van der Waals surface area contributed by atoms with Crippen LogP contribution in [0.15, 0.2) is 36.4 Å². The van der Waals surface area contributed by atoms with Gasteiger partial charge in [-0.25, -0.2) is 4.79 Å². The molecule has 0 unspecified atom stereocenters. The van der Waals surface area contributed by atoms with Crippen molar-refractivity contribution in [2.24, 2.45) is 0 Å². The molecular formula is C22H25N3O6. The molecule has 1 aliphatic heterocycles. The first-order chi connectivity index (χ1) is 14.9. The lowest BCUT2D eigenvalue weighted by molar-refractivity contribution is -0.135. The standard InChI is InChI=1S/C22H25N3O6/c1-2-31-22(30)25-11-9-24(10-12-25)19(27)13-18(26)17-8-7-15-5-3-4-6-16(15)21(17)23-14-20(28)29/h3-8,23H,2,9-14H2,1H3,(H,28,29). The molecule has 2 aromatic rings. The van der Waals surface area contributed by atoms with Crippen LogP contribution in [0.3, 0.4) is 0 Å². The van der Waals surface area contributed by atoms with Gasteiger partial charge in [0.15, 0.2) is 5.78 Å². The minimum Gasteiger partial charge on any atom is -0.480 e. The highest BCUT2D eigenvalue weighted by Gasteiger charge is 2.27. The Hall–Kier alpha value is -3.62. The molecule has 0 atom stereocenters. The summed E-state index contributed by atoms with van der Waals surface area (Å²) in [5.41, 5.74) is 0.684. The summed E-state index contributed by atoms with van der Waals surface area (Å²) in [7, 11) is 0. The van der Waals surface area contributed by atoms with Gasteiger partial charge in [0, 0.05) is 37.1 Å². The van der Waals surface area contributed by atoms with Crippen LogP contribution in [0.2, 0.25) is 0 Å². The number of anilines is 1. The summed E-state index contributed by atoms with van der Waals surface area (Å²) in [5.74, 6) is -1.77. The van der Waals surface area contributed by atoms with Crippen molar-refractivity contribution in [3.63, 3.8) is 0 Å². The topological polar surface area (TPSA) is 116 Å². The lowest BCUT2D eigenvalue weighted by atomic mass is 9.99. The molecule has 0 aromatic heterocycles. The van der Waals surface area contributed by atoms with Crippen LogP contribution in [0.1, 0.15) is 23.7 Å². The zero-order valence-corrected chi connectivity index (χ0v) is 17.3. The van der Waals surface area contributed by atoms with E-state index in [1.165, 1.54) is 4.90 Å². The maximum atomic E-state index is 12.9. The molecule has 0 spiro atoms. The highest BCUT2D eigenvalue weighted by atomic mass is 16.6. The number of aliphatic carboxylic acids is 1. The first-order valence-corrected chi connectivity index (χ1v) is 10.1. The predicted octanol–water partition coefficient (Wildman–Crippen LogP) is 2.21. The molecule has 9 nitrogen and oxygen atoms in total. The molecule has 164 valence electrons. The second-order valence-electron chi connectivity index (χ2n) is 7.12. The number of nitrogens with zero attached hydrogens (tertiary/aromatic N) is 2. The number of amides is 2. The summed E-state index contributed by atoms with van der Waals surface area (Å²) in [6, 6.07) is 10.7. The molecule has 0 aliphatic carbocycles. The zero-order chi connectivity index (χ0) is 22.4. The van der Waals surface area contributed by atoms with E-state index in [9.17, 15) is 19.2 Å². The van der Waals surface area contributed by atoms with Crippen LogP contribution in [0, 0.1) is 0 Å². The van der Waals surface area contributed by atoms with E-state index >= 15 is 0 Å². The predicted molar refractivity (Wildman–Crippen MR) is 114 cm³/mol. The van der Waals surface area contributed by atoms with E-state index in [0.29, 0.717) is 37.3 Å². The average molecular weight is 427 g/mol. The molecule has 31 heavy (non-hydrogen) atoms. The van der Waals surface area contributed by atoms with Gasteiger partial charge in [-0.3, -0.25) is 14.4 Å². The second-order valence-corrected chi connectivity index (χ2v) is 7.12. The number of carbonyl (C=O) groups is 4. The Morgan fingerprint density at radius 3 is 2.35 bits per heavy atom. The van der Waals surface area contributed by atoms with E-state index in [1.807, 2.05) is 12.1 Å². The normalized spacial score (nSPS) is 13.7. The Bertz CT molecular complexity index is 998. The van der Waals surface area contributed by atoms with Gasteiger partial charge in [-0.15, -0.1) is 0 Å². The number of ether oxygens (including phenoxy) is 1. The zero-order valence-electron chi connectivity index (χ0n) is 17.3. The van der Waals surface area contributed by atoms with Crippen molar-refractivity contribution in [2.45, 2.75) is 13.3 Å². The number of benzene rings is 2. The molecular weight excluding hydrogens is 402 g/mol. The van der Waals surface area contributed by atoms with Crippen LogP contribution in [0.5, 0.6) is 0 Å². The number of nitrogens with one attached hydrogen (secondary N) is 1. The van der Waals surface area contributed by atoms with Gasteiger partial charge < -0.3 is 25.0 Å². The van der Waals surface area contributed by atoms with Crippen molar-refractivity contribution in [1.29, 1.82) is 0 Å². The number of piperazine rings is 1. The van der Waals surface area contributed by atoms with Crippen molar-refractivity contribution < 1.29 is 29.0 Å². The van der Waals surface area contributed by atoms with Gasteiger partial charge in [-0.05, 0) is 18.4 Å². The fourth-order valence-electron chi connectivity index (χ4n) is 3.56. The molecule has 3 rings (SSSR count). The third kappa shape index (κ3) is 5.30. The molecule has 1 aliphatic rings. The smallest absolute Gasteiger partial charge is 0.409 e. The number of rotatable bonds is 7. The Balaban J connectivity index is 1.71. The van der Waals surface area contributed by atoms with Crippen LogP contribution in [-0.4, -0.2) is 78.0 Å². The first-order valence-electron chi connectivity index (χ1n) is 10.1. The molecule has 1 heterocycles. The fourth-order valence-corrected chi connectivity index (χ4v) is 3.56. The van der Waals surface area contributed by atoms with Crippen LogP contribution in [0.4, 0.5) is 10.5 Å². The lowest BCUT2D eigenvalue weighted by Crippen LogP contribution is -2.51. The van der Waals surface area contributed by atoms with E-state index in [4.69, 9.17) is 9.84 Å². The van der Waals surface area contributed by atoms with Gasteiger partial charge in [0.2, 0.25) is 5.91 Å². The summed E-state index contributed by atoms with van der Waals surface area (Å²) >= 11 is 0. The van der Waals surface area contributed by atoms with E-state index in [-0.39, 0.29) is 31.0 Å². The summed E-state index contributed by atoms with van der Waals surface area (Å²) in [6.45, 7) is 3.02. The van der Waals surface area contributed by atoms with Gasteiger partial charge in [-0.1, -0.05) is 30.3 Å². The summed E-state index contributed by atoms with van der Waals surface area (Å²) in [5, 5.41) is 13.4. The molecule has 1 saturated heterocycles. The number of carboxylic acids is 1. The van der Waals surface area contributed by atoms with E-state index in [2.05, 4.69) is 5.32 Å². The number of hydrogen-bond donors (Lipinski definition) is 2. The quantitative estimate of drug-likeness (QED) is 0.514. The molecule has 2 N–H and O–H groups in total. The molecule has 2 amide bonds. The largest absolute Gasteiger partial charge is 0.480 e. The summed E-state index contributed by atoms with van der Waals surface area (Å²) in [4.78, 5) is 51.5. The van der Waals surface area contributed by atoms with Crippen LogP contribution >= 0.6 is 0 Å². The van der Waals surface area contributed by atoms with E-state index in [1.54, 1.807) is 36.1 Å². The monoisotopic (exact) mass is 427 g/mol. The van der Waals surface area contributed by atoms with E-state index < -0.39 is 17.8 Å². The van der Waals surface area contributed by atoms with Crippen LogP contribution < -0.4 is 5.32 Å². The second kappa shape index (κ2) is 9.92.